The Hall–Kier alpha value is -3.40. The first kappa shape index (κ1) is 34.9. The van der Waals surface area contributed by atoms with Crippen LogP contribution in [0, 0.1) is 5.92 Å². The molecular formula is C38H40ClF3O5. The zero-order valence-corrected chi connectivity index (χ0v) is 27.5. The third-order valence-corrected chi connectivity index (χ3v) is 8.90. The monoisotopic (exact) mass is 668 g/mol. The molecule has 1 saturated heterocycles. The number of ether oxygens (including phenoxy) is 5. The molecule has 4 aromatic rings. The summed E-state index contributed by atoms with van der Waals surface area (Å²) in [5.41, 5.74) is 4.42. The molecule has 0 aromatic heterocycles. The first-order chi connectivity index (χ1) is 22.6. The van der Waals surface area contributed by atoms with E-state index in [1.54, 1.807) is 19.2 Å². The molecule has 1 aliphatic rings. The van der Waals surface area contributed by atoms with Gasteiger partial charge in [0.2, 0.25) is 5.79 Å². The summed E-state index contributed by atoms with van der Waals surface area (Å²) < 4.78 is 69.4. The lowest BCUT2D eigenvalue weighted by atomic mass is 9.81. The van der Waals surface area contributed by atoms with Gasteiger partial charge in [0.1, 0.15) is 11.9 Å². The summed E-state index contributed by atoms with van der Waals surface area (Å²) in [5.74, 6) is -1.21. The highest BCUT2D eigenvalue weighted by atomic mass is 35.5. The molecule has 1 aliphatic heterocycles. The van der Waals surface area contributed by atoms with Gasteiger partial charge in [0.25, 0.3) is 0 Å². The molecule has 0 amide bonds. The fourth-order valence-electron chi connectivity index (χ4n) is 6.06. The molecule has 0 N–H and O–H groups in total. The number of rotatable bonds is 13. The SMILES string of the molecule is CC[C@H]1O[C@@](OC)(c2ccc(Cl)c(Cc3ccc(OCC(F)(F)F)cc3)c2)[C@H](OCc2ccccc2)[C@@H](OCc2ccccc2)[C@@H]1C. The summed E-state index contributed by atoms with van der Waals surface area (Å²) in [5, 5.41) is 0.534. The Morgan fingerprint density at radius 2 is 1.43 bits per heavy atom. The first-order valence-corrected chi connectivity index (χ1v) is 16.1. The molecule has 4 aromatic carbocycles. The molecule has 1 heterocycles. The molecule has 5 nitrogen and oxygen atoms in total. The molecule has 5 atom stereocenters. The minimum absolute atomic E-state index is 0.0161. The fourth-order valence-corrected chi connectivity index (χ4v) is 6.24. The maximum atomic E-state index is 12.6. The number of halogens is 4. The summed E-state index contributed by atoms with van der Waals surface area (Å²) in [7, 11) is 1.61. The topological polar surface area (TPSA) is 46.2 Å². The normalized spacial score (nSPS) is 23.0. The zero-order chi connectivity index (χ0) is 33.4. The lowest BCUT2D eigenvalue weighted by Crippen LogP contribution is -2.62. The van der Waals surface area contributed by atoms with E-state index >= 15 is 0 Å². The Morgan fingerprint density at radius 1 is 0.809 bits per heavy atom. The lowest BCUT2D eigenvalue weighted by Gasteiger charge is -2.52. The van der Waals surface area contributed by atoms with Crippen LogP contribution in [0.1, 0.15) is 48.1 Å². The maximum absolute atomic E-state index is 12.6. The molecule has 0 saturated carbocycles. The molecule has 250 valence electrons. The third-order valence-electron chi connectivity index (χ3n) is 8.54. The molecule has 0 spiro atoms. The van der Waals surface area contributed by atoms with E-state index in [2.05, 4.69) is 13.8 Å². The maximum Gasteiger partial charge on any atom is 0.422 e. The van der Waals surface area contributed by atoms with Crippen molar-refractivity contribution in [3.63, 3.8) is 0 Å². The van der Waals surface area contributed by atoms with E-state index in [1.807, 2.05) is 78.9 Å². The van der Waals surface area contributed by atoms with Crippen LogP contribution in [0.3, 0.4) is 0 Å². The smallest absolute Gasteiger partial charge is 0.422 e. The number of alkyl halides is 3. The van der Waals surface area contributed by atoms with Crippen LogP contribution in [0.2, 0.25) is 5.02 Å². The van der Waals surface area contributed by atoms with Gasteiger partial charge in [-0.3, -0.25) is 0 Å². The molecule has 0 unspecified atom stereocenters. The largest absolute Gasteiger partial charge is 0.484 e. The van der Waals surface area contributed by atoms with Gasteiger partial charge in [-0.05, 0) is 59.4 Å². The van der Waals surface area contributed by atoms with Crippen molar-refractivity contribution in [2.75, 3.05) is 13.7 Å². The predicted molar refractivity (Wildman–Crippen MR) is 175 cm³/mol. The minimum Gasteiger partial charge on any atom is -0.484 e. The van der Waals surface area contributed by atoms with Crippen LogP contribution in [0.5, 0.6) is 5.75 Å². The Bertz CT molecular complexity index is 1550. The molecule has 9 heteroatoms. The lowest BCUT2D eigenvalue weighted by molar-refractivity contribution is -0.369. The van der Waals surface area contributed by atoms with E-state index in [0.717, 1.165) is 34.2 Å². The van der Waals surface area contributed by atoms with E-state index in [0.29, 0.717) is 24.7 Å². The van der Waals surface area contributed by atoms with Gasteiger partial charge in [0, 0.05) is 23.6 Å². The summed E-state index contributed by atoms with van der Waals surface area (Å²) >= 11 is 6.72. The van der Waals surface area contributed by atoms with Crippen molar-refractivity contribution in [1.29, 1.82) is 0 Å². The Morgan fingerprint density at radius 3 is 2.00 bits per heavy atom. The van der Waals surface area contributed by atoms with Gasteiger partial charge in [-0.1, -0.05) is 104 Å². The van der Waals surface area contributed by atoms with E-state index in [4.69, 9.17) is 35.3 Å². The van der Waals surface area contributed by atoms with Crippen molar-refractivity contribution in [3.05, 3.63) is 136 Å². The van der Waals surface area contributed by atoms with Crippen LogP contribution < -0.4 is 4.74 Å². The predicted octanol–water partition coefficient (Wildman–Crippen LogP) is 9.29. The van der Waals surface area contributed by atoms with E-state index in [-0.39, 0.29) is 23.9 Å². The molecule has 5 rings (SSSR count). The highest BCUT2D eigenvalue weighted by molar-refractivity contribution is 6.31. The standard InChI is InChI=1S/C38H40ClF3O5/c1-4-34-26(2)35(44-23-28-11-7-5-8-12-28)36(45-24-29-13-9-6-10-14-29)38(43-3,47-34)31-17-20-33(39)30(22-31)21-27-15-18-32(19-16-27)46-25-37(40,41)42/h5-20,22,26,34-36H,4,21,23-25H2,1-3H3/t26-,34-,35+,36-,38+/m1/s1. The van der Waals surface area contributed by atoms with Crippen molar-refractivity contribution in [2.45, 2.75) is 70.2 Å². The number of hydrogen-bond donors (Lipinski definition) is 0. The number of hydrogen-bond acceptors (Lipinski definition) is 5. The van der Waals surface area contributed by atoms with Crippen molar-refractivity contribution < 1.29 is 36.9 Å². The quantitative estimate of drug-likeness (QED) is 0.142. The summed E-state index contributed by atoms with van der Waals surface area (Å²) in [6, 6.07) is 32.1. The van der Waals surface area contributed by atoms with Gasteiger partial charge >= 0.3 is 6.18 Å². The highest BCUT2D eigenvalue weighted by Crippen LogP contribution is 2.46. The summed E-state index contributed by atoms with van der Waals surface area (Å²) in [6.45, 7) is 3.57. The molecule has 47 heavy (non-hydrogen) atoms. The van der Waals surface area contributed by atoms with Crippen molar-refractivity contribution >= 4 is 11.6 Å². The minimum atomic E-state index is -4.41. The van der Waals surface area contributed by atoms with Crippen LogP contribution in [-0.4, -0.2) is 38.2 Å². The molecule has 0 radical (unpaired) electrons. The molecule has 1 fully saturated rings. The van der Waals surface area contributed by atoms with E-state index < -0.39 is 24.7 Å². The Labute approximate surface area is 279 Å². The number of methoxy groups -OCH3 is 1. The van der Waals surface area contributed by atoms with E-state index in [9.17, 15) is 13.2 Å². The van der Waals surface area contributed by atoms with Crippen LogP contribution >= 0.6 is 11.6 Å². The average molecular weight is 669 g/mol. The number of benzene rings is 4. The third kappa shape index (κ3) is 8.75. The second kappa shape index (κ2) is 15.7. The van der Waals surface area contributed by atoms with Gasteiger partial charge in [0.15, 0.2) is 6.61 Å². The van der Waals surface area contributed by atoms with Gasteiger partial charge in [-0.25, -0.2) is 0 Å². The van der Waals surface area contributed by atoms with Gasteiger partial charge in [-0.2, -0.15) is 13.2 Å². The van der Waals surface area contributed by atoms with E-state index in [1.165, 1.54) is 12.1 Å². The molecular weight excluding hydrogens is 629 g/mol. The van der Waals surface area contributed by atoms with Crippen molar-refractivity contribution in [2.24, 2.45) is 5.92 Å². The van der Waals surface area contributed by atoms with Gasteiger partial charge < -0.3 is 23.7 Å². The highest BCUT2D eigenvalue weighted by Gasteiger charge is 2.56. The van der Waals surface area contributed by atoms with Crippen molar-refractivity contribution in [3.8, 4) is 5.75 Å². The second-order valence-corrected chi connectivity index (χ2v) is 12.2. The summed E-state index contributed by atoms with van der Waals surface area (Å²) in [4.78, 5) is 0. The average Bonchev–Trinajstić information content (AvgIpc) is 3.08. The second-order valence-electron chi connectivity index (χ2n) is 11.8. The van der Waals surface area contributed by atoms with Gasteiger partial charge in [0.05, 0.1) is 25.4 Å². The van der Waals surface area contributed by atoms with Crippen LogP contribution in [0.25, 0.3) is 0 Å². The molecule has 0 bridgehead atoms. The summed E-state index contributed by atoms with van der Waals surface area (Å²) in [6.07, 6.45) is -4.51. The first-order valence-electron chi connectivity index (χ1n) is 15.7. The Kier molecular flexibility index (Phi) is 11.6. The van der Waals surface area contributed by atoms with Gasteiger partial charge in [-0.15, -0.1) is 0 Å². The molecule has 0 aliphatic carbocycles. The zero-order valence-electron chi connectivity index (χ0n) is 26.7. The van der Waals surface area contributed by atoms with Crippen LogP contribution in [-0.2, 0) is 44.4 Å². The van der Waals surface area contributed by atoms with Crippen LogP contribution in [0.4, 0.5) is 13.2 Å². The van der Waals surface area contributed by atoms with Crippen LogP contribution in [0.15, 0.2) is 103 Å². The van der Waals surface area contributed by atoms with Crippen molar-refractivity contribution in [1.82, 2.24) is 0 Å². The Balaban J connectivity index is 1.48. The fraction of sp³-hybridized carbons (Fsp3) is 0.368.